The van der Waals surface area contributed by atoms with Crippen molar-refractivity contribution in [1.82, 2.24) is 0 Å². The van der Waals surface area contributed by atoms with Crippen molar-refractivity contribution < 1.29 is 19.1 Å². The van der Waals surface area contributed by atoms with E-state index in [1.165, 1.54) is 14.2 Å². The lowest BCUT2D eigenvalue weighted by Crippen LogP contribution is -2.16. The molecule has 0 spiro atoms. The number of methoxy groups -OCH3 is 2. The molecule has 0 heterocycles. The summed E-state index contributed by atoms with van der Waals surface area (Å²) >= 11 is 3.33. The Morgan fingerprint density at radius 1 is 1.17 bits per heavy atom. The molecule has 0 bridgehead atoms. The first-order valence-corrected chi connectivity index (χ1v) is 6.28. The molecule has 1 atom stereocenters. The minimum atomic E-state index is -0.442. The van der Waals surface area contributed by atoms with Gasteiger partial charge in [-0.1, -0.05) is 28.1 Å². The molecule has 0 N–H and O–H groups in total. The van der Waals surface area contributed by atoms with Gasteiger partial charge in [-0.25, -0.2) is 0 Å². The summed E-state index contributed by atoms with van der Waals surface area (Å²) in [6.45, 7) is 0. The summed E-state index contributed by atoms with van der Waals surface area (Å²) in [6, 6.07) is 7.37. The number of esters is 2. The lowest BCUT2D eigenvalue weighted by Gasteiger charge is -2.14. The topological polar surface area (TPSA) is 52.6 Å². The van der Waals surface area contributed by atoms with E-state index in [4.69, 9.17) is 4.74 Å². The Labute approximate surface area is 114 Å². The van der Waals surface area contributed by atoms with Crippen molar-refractivity contribution in [2.75, 3.05) is 14.2 Å². The molecule has 0 radical (unpaired) electrons. The van der Waals surface area contributed by atoms with Crippen molar-refractivity contribution >= 4 is 27.9 Å². The number of carbonyl (C=O) groups excluding carboxylic acids is 2. The van der Waals surface area contributed by atoms with Gasteiger partial charge in [0.1, 0.15) is 0 Å². The van der Waals surface area contributed by atoms with E-state index < -0.39 is 5.92 Å². The maximum atomic E-state index is 11.7. The van der Waals surface area contributed by atoms with Crippen LogP contribution in [0.3, 0.4) is 0 Å². The quantitative estimate of drug-likeness (QED) is 0.784. The number of carbonyl (C=O) groups is 2. The molecule has 1 rings (SSSR count). The van der Waals surface area contributed by atoms with Crippen molar-refractivity contribution in [3.8, 4) is 0 Å². The van der Waals surface area contributed by atoms with E-state index in [-0.39, 0.29) is 18.4 Å². The van der Waals surface area contributed by atoms with Gasteiger partial charge in [-0.05, 0) is 24.1 Å². The van der Waals surface area contributed by atoms with Gasteiger partial charge in [-0.15, -0.1) is 0 Å². The van der Waals surface area contributed by atoms with Gasteiger partial charge in [0.05, 0.1) is 20.1 Å². The van der Waals surface area contributed by atoms with E-state index in [9.17, 15) is 9.59 Å². The summed E-state index contributed by atoms with van der Waals surface area (Å²) in [5.74, 6) is -1.12. The zero-order valence-electron chi connectivity index (χ0n) is 10.3. The fourth-order valence-corrected chi connectivity index (χ4v) is 1.89. The highest BCUT2D eigenvalue weighted by molar-refractivity contribution is 9.10. The smallest absolute Gasteiger partial charge is 0.313 e. The highest BCUT2D eigenvalue weighted by Crippen LogP contribution is 2.24. The predicted molar refractivity (Wildman–Crippen MR) is 70.1 cm³/mol. The second-order valence-electron chi connectivity index (χ2n) is 3.74. The molecule has 0 saturated heterocycles. The van der Waals surface area contributed by atoms with E-state index in [0.717, 1.165) is 10.0 Å². The number of hydrogen-bond donors (Lipinski definition) is 0. The third-order valence-corrected chi connectivity index (χ3v) is 3.15. The lowest BCUT2D eigenvalue weighted by molar-refractivity contribution is -0.143. The molecule has 0 aromatic heterocycles. The fourth-order valence-electron chi connectivity index (χ4n) is 1.62. The third kappa shape index (κ3) is 4.14. The zero-order chi connectivity index (χ0) is 13.5. The van der Waals surface area contributed by atoms with Gasteiger partial charge in [0.2, 0.25) is 0 Å². The van der Waals surface area contributed by atoms with Gasteiger partial charge in [-0.3, -0.25) is 9.59 Å². The summed E-state index contributed by atoms with van der Waals surface area (Å²) < 4.78 is 10.3. The third-order valence-electron chi connectivity index (χ3n) is 2.62. The monoisotopic (exact) mass is 314 g/mol. The number of rotatable bonds is 5. The first-order chi connectivity index (χ1) is 8.58. The standard InChI is InChI=1S/C13H15BrO4/c1-17-12(15)8-7-11(13(16)18-2)9-3-5-10(14)6-4-9/h3-6,11H,7-8H2,1-2H3. The van der Waals surface area contributed by atoms with Crippen molar-refractivity contribution in [3.05, 3.63) is 34.3 Å². The lowest BCUT2D eigenvalue weighted by atomic mass is 9.94. The zero-order valence-corrected chi connectivity index (χ0v) is 11.9. The van der Waals surface area contributed by atoms with Crippen LogP contribution in [0, 0.1) is 0 Å². The molecule has 5 heteroatoms. The summed E-state index contributed by atoms with van der Waals surface area (Å²) in [5.41, 5.74) is 0.828. The minimum Gasteiger partial charge on any atom is -0.469 e. The van der Waals surface area contributed by atoms with E-state index >= 15 is 0 Å². The van der Waals surface area contributed by atoms with Gasteiger partial charge in [0.25, 0.3) is 0 Å². The van der Waals surface area contributed by atoms with Crippen LogP contribution < -0.4 is 0 Å². The number of halogens is 1. The average molecular weight is 315 g/mol. The molecule has 4 nitrogen and oxygen atoms in total. The van der Waals surface area contributed by atoms with Gasteiger partial charge in [-0.2, -0.15) is 0 Å². The Morgan fingerprint density at radius 2 is 1.78 bits per heavy atom. The van der Waals surface area contributed by atoms with Gasteiger partial charge >= 0.3 is 11.9 Å². The Morgan fingerprint density at radius 3 is 2.28 bits per heavy atom. The van der Waals surface area contributed by atoms with E-state index in [1.54, 1.807) is 0 Å². The molecular formula is C13H15BrO4. The van der Waals surface area contributed by atoms with Crippen LogP contribution in [0.2, 0.25) is 0 Å². The molecule has 0 aliphatic carbocycles. The molecule has 0 amide bonds. The first-order valence-electron chi connectivity index (χ1n) is 5.48. The second-order valence-corrected chi connectivity index (χ2v) is 4.66. The van der Waals surface area contributed by atoms with Crippen LogP contribution in [-0.2, 0) is 19.1 Å². The van der Waals surface area contributed by atoms with Crippen molar-refractivity contribution in [3.63, 3.8) is 0 Å². The van der Waals surface area contributed by atoms with E-state index in [2.05, 4.69) is 20.7 Å². The molecule has 18 heavy (non-hydrogen) atoms. The second kappa shape index (κ2) is 7.16. The van der Waals surface area contributed by atoms with Crippen LogP contribution in [0.1, 0.15) is 24.3 Å². The van der Waals surface area contributed by atoms with Crippen LogP contribution >= 0.6 is 15.9 Å². The predicted octanol–water partition coefficient (Wildman–Crippen LogP) is 2.66. The van der Waals surface area contributed by atoms with Crippen LogP contribution in [0.15, 0.2) is 28.7 Å². The molecule has 1 unspecified atom stereocenters. The van der Waals surface area contributed by atoms with Crippen LogP contribution in [0.4, 0.5) is 0 Å². The molecule has 1 aromatic rings. The molecule has 0 aliphatic rings. The van der Waals surface area contributed by atoms with E-state index in [1.807, 2.05) is 24.3 Å². The molecule has 0 fully saturated rings. The summed E-state index contributed by atoms with van der Waals surface area (Å²) in [5, 5.41) is 0. The Bertz CT molecular complexity index is 414. The minimum absolute atomic E-state index is 0.187. The SMILES string of the molecule is COC(=O)CCC(C(=O)OC)c1ccc(Br)cc1. The van der Waals surface area contributed by atoms with Crippen LogP contribution in [-0.4, -0.2) is 26.2 Å². The number of hydrogen-bond acceptors (Lipinski definition) is 4. The van der Waals surface area contributed by atoms with Crippen LogP contribution in [0.25, 0.3) is 0 Å². The normalized spacial score (nSPS) is 11.7. The van der Waals surface area contributed by atoms with Gasteiger partial charge in [0, 0.05) is 10.9 Å². The van der Waals surface area contributed by atoms with Gasteiger partial charge in [0.15, 0.2) is 0 Å². The average Bonchev–Trinajstić information content (AvgIpc) is 2.40. The fraction of sp³-hybridized carbons (Fsp3) is 0.385. The highest BCUT2D eigenvalue weighted by Gasteiger charge is 2.22. The maximum Gasteiger partial charge on any atom is 0.313 e. The largest absolute Gasteiger partial charge is 0.469 e. The van der Waals surface area contributed by atoms with Crippen molar-refractivity contribution in [2.24, 2.45) is 0 Å². The van der Waals surface area contributed by atoms with Crippen LogP contribution in [0.5, 0.6) is 0 Å². The summed E-state index contributed by atoms with van der Waals surface area (Å²) in [6.07, 6.45) is 0.563. The first kappa shape index (κ1) is 14.7. The molecule has 98 valence electrons. The van der Waals surface area contributed by atoms with Crippen molar-refractivity contribution in [1.29, 1.82) is 0 Å². The number of ether oxygens (including phenoxy) is 2. The molecule has 0 aliphatic heterocycles. The van der Waals surface area contributed by atoms with Crippen molar-refractivity contribution in [2.45, 2.75) is 18.8 Å². The maximum absolute atomic E-state index is 11.7. The van der Waals surface area contributed by atoms with E-state index in [0.29, 0.717) is 6.42 Å². The highest BCUT2D eigenvalue weighted by atomic mass is 79.9. The Balaban J connectivity index is 2.81. The summed E-state index contributed by atoms with van der Waals surface area (Å²) in [4.78, 5) is 22.8. The molecular weight excluding hydrogens is 300 g/mol. The Hall–Kier alpha value is -1.36. The Kier molecular flexibility index (Phi) is 5.85. The van der Waals surface area contributed by atoms with Gasteiger partial charge < -0.3 is 9.47 Å². The molecule has 0 saturated carbocycles. The molecule has 1 aromatic carbocycles. The summed E-state index contributed by atoms with van der Waals surface area (Å²) in [7, 11) is 2.67. The number of benzene rings is 1.